The minimum Gasteiger partial charge on any atom is -0.457 e. The highest BCUT2D eigenvalue weighted by molar-refractivity contribution is 6.00. The van der Waals surface area contributed by atoms with E-state index in [9.17, 15) is 19.5 Å². The molecule has 9 nitrogen and oxygen atoms in total. The van der Waals surface area contributed by atoms with Gasteiger partial charge in [-0.15, -0.1) is 12.4 Å². The van der Waals surface area contributed by atoms with E-state index in [2.05, 4.69) is 22.5 Å². The third-order valence-electron chi connectivity index (χ3n) is 9.00. The van der Waals surface area contributed by atoms with Crippen molar-refractivity contribution in [1.82, 2.24) is 20.4 Å². The van der Waals surface area contributed by atoms with Gasteiger partial charge in [0.25, 0.3) is 5.91 Å². The molecule has 2 aromatic carbocycles. The lowest BCUT2D eigenvalue weighted by Crippen LogP contribution is -2.73. The van der Waals surface area contributed by atoms with Gasteiger partial charge in [0.2, 0.25) is 11.8 Å². The topological polar surface area (TPSA) is 111 Å². The number of hydrogen-bond acceptors (Lipinski definition) is 6. The summed E-state index contributed by atoms with van der Waals surface area (Å²) in [5.74, 6) is 1.13. The summed E-state index contributed by atoms with van der Waals surface area (Å²) in [6.07, 6.45) is 5.66. The summed E-state index contributed by atoms with van der Waals surface area (Å²) in [7, 11) is 1.60. The molecule has 1 aliphatic carbocycles. The maximum Gasteiger partial charge on any atom is 0.251 e. The highest BCUT2D eigenvalue weighted by Crippen LogP contribution is 2.39. The molecule has 3 amide bonds. The number of likely N-dealkylation sites (tertiary alicyclic amines) is 1. The van der Waals surface area contributed by atoms with E-state index in [1.54, 1.807) is 31.3 Å². The summed E-state index contributed by atoms with van der Waals surface area (Å²) in [6.45, 7) is 4.85. The Balaban J connectivity index is 0.00000405. The number of rotatable bonds is 10. The normalized spacial score (nSPS) is 21.2. The molecular formula is C32H43ClN4O5. The zero-order valence-corrected chi connectivity index (χ0v) is 25.4. The summed E-state index contributed by atoms with van der Waals surface area (Å²) < 4.78 is 5.94. The average molecular weight is 599 g/mol. The molecule has 3 N–H and O–H groups in total. The first-order valence-electron chi connectivity index (χ1n) is 14.9. The highest BCUT2D eigenvalue weighted by Gasteiger charge is 2.54. The third kappa shape index (κ3) is 6.74. The van der Waals surface area contributed by atoms with Crippen LogP contribution in [-0.4, -0.2) is 76.5 Å². The zero-order chi connectivity index (χ0) is 29.0. The van der Waals surface area contributed by atoms with Crippen molar-refractivity contribution < 1.29 is 24.2 Å². The molecule has 1 saturated carbocycles. The van der Waals surface area contributed by atoms with Gasteiger partial charge in [-0.3, -0.25) is 19.3 Å². The van der Waals surface area contributed by atoms with E-state index in [4.69, 9.17) is 4.74 Å². The first kappa shape index (κ1) is 31.8. The molecule has 5 rings (SSSR count). The van der Waals surface area contributed by atoms with Gasteiger partial charge in [-0.1, -0.05) is 25.5 Å². The number of halogens is 1. The Hall–Kier alpha value is -3.14. The fourth-order valence-electron chi connectivity index (χ4n) is 6.28. The van der Waals surface area contributed by atoms with Gasteiger partial charge in [-0.2, -0.15) is 0 Å². The summed E-state index contributed by atoms with van der Waals surface area (Å²) in [6, 6.07) is 14.3. The van der Waals surface area contributed by atoms with E-state index in [0.717, 1.165) is 31.4 Å². The second-order valence-corrected chi connectivity index (χ2v) is 11.8. The van der Waals surface area contributed by atoms with Crippen LogP contribution in [0.3, 0.4) is 0 Å². The molecule has 1 atom stereocenters. The zero-order valence-electron chi connectivity index (χ0n) is 24.6. The Morgan fingerprint density at radius 3 is 2.19 bits per heavy atom. The molecule has 0 aromatic heterocycles. The van der Waals surface area contributed by atoms with Crippen molar-refractivity contribution in [3.63, 3.8) is 0 Å². The number of aliphatic hydroxyl groups is 1. The lowest BCUT2D eigenvalue weighted by molar-refractivity contribution is -0.164. The van der Waals surface area contributed by atoms with Crippen LogP contribution >= 0.6 is 12.4 Å². The summed E-state index contributed by atoms with van der Waals surface area (Å²) in [5, 5.41) is 16.3. The van der Waals surface area contributed by atoms with Crippen LogP contribution in [0.4, 0.5) is 0 Å². The molecule has 10 heteroatoms. The van der Waals surface area contributed by atoms with Gasteiger partial charge in [-0.05, 0) is 80.5 Å². The molecule has 2 heterocycles. The third-order valence-corrected chi connectivity index (χ3v) is 9.00. The molecule has 0 unspecified atom stereocenters. The van der Waals surface area contributed by atoms with E-state index in [-0.39, 0.29) is 30.1 Å². The SMILES string of the molecule is CCCCN1C(=O)[C@@H](CC2(O)CCC2)NC(=O)C12CCN(Cc1ccc(Oc3ccc(C(=O)NC)cc3)cc1)CC2.Cl. The highest BCUT2D eigenvalue weighted by atomic mass is 35.5. The van der Waals surface area contributed by atoms with Gasteiger partial charge in [0.1, 0.15) is 23.1 Å². The molecule has 3 aliphatic rings. The number of piperazine rings is 1. The molecule has 42 heavy (non-hydrogen) atoms. The van der Waals surface area contributed by atoms with Crippen molar-refractivity contribution in [3.8, 4) is 11.5 Å². The van der Waals surface area contributed by atoms with Crippen molar-refractivity contribution >= 4 is 30.1 Å². The number of carbonyl (C=O) groups excluding carboxylic acids is 3. The van der Waals surface area contributed by atoms with Crippen molar-refractivity contribution in [1.29, 1.82) is 0 Å². The number of nitrogens with zero attached hydrogens (tertiary/aromatic N) is 2. The van der Waals surface area contributed by atoms with Gasteiger partial charge >= 0.3 is 0 Å². The summed E-state index contributed by atoms with van der Waals surface area (Å²) in [4.78, 5) is 43.1. The van der Waals surface area contributed by atoms with Crippen LogP contribution in [0.1, 0.15) is 74.2 Å². The lowest BCUT2D eigenvalue weighted by Gasteiger charge is -2.52. The van der Waals surface area contributed by atoms with Gasteiger partial charge in [0.05, 0.1) is 5.60 Å². The largest absolute Gasteiger partial charge is 0.457 e. The lowest BCUT2D eigenvalue weighted by atomic mass is 9.74. The number of piperidine rings is 1. The molecular weight excluding hydrogens is 556 g/mol. The second kappa shape index (κ2) is 13.4. The number of nitrogens with one attached hydrogen (secondary N) is 2. The van der Waals surface area contributed by atoms with E-state index in [1.165, 1.54) is 0 Å². The van der Waals surface area contributed by atoms with Gasteiger partial charge in [-0.25, -0.2) is 0 Å². The number of carbonyl (C=O) groups is 3. The molecule has 228 valence electrons. The van der Waals surface area contributed by atoms with Crippen LogP contribution in [0.25, 0.3) is 0 Å². The number of benzene rings is 2. The number of hydrogen-bond donors (Lipinski definition) is 3. The van der Waals surface area contributed by atoms with Crippen LogP contribution in [0.15, 0.2) is 48.5 Å². The molecule has 0 radical (unpaired) electrons. The van der Waals surface area contributed by atoms with Crippen molar-refractivity contribution in [2.24, 2.45) is 0 Å². The average Bonchev–Trinajstić information content (AvgIpc) is 2.97. The maximum atomic E-state index is 13.6. The van der Waals surface area contributed by atoms with Crippen LogP contribution in [0, 0.1) is 0 Å². The minimum absolute atomic E-state index is 0. The van der Waals surface area contributed by atoms with Crippen LogP contribution < -0.4 is 15.4 Å². The van der Waals surface area contributed by atoms with Gasteiger partial charge < -0.3 is 25.4 Å². The minimum atomic E-state index is -0.824. The fraction of sp³-hybridized carbons (Fsp3) is 0.531. The van der Waals surface area contributed by atoms with Crippen molar-refractivity contribution in [2.75, 3.05) is 26.7 Å². The summed E-state index contributed by atoms with van der Waals surface area (Å²) >= 11 is 0. The molecule has 2 aromatic rings. The summed E-state index contributed by atoms with van der Waals surface area (Å²) in [5.41, 5.74) is 0.0841. The second-order valence-electron chi connectivity index (χ2n) is 11.8. The van der Waals surface area contributed by atoms with E-state index in [0.29, 0.717) is 68.8 Å². The Bertz CT molecular complexity index is 1240. The molecule has 1 spiro atoms. The van der Waals surface area contributed by atoms with E-state index in [1.807, 2.05) is 29.2 Å². The Morgan fingerprint density at radius 1 is 1.02 bits per heavy atom. The first-order valence-corrected chi connectivity index (χ1v) is 14.9. The predicted octanol–water partition coefficient (Wildman–Crippen LogP) is 4.03. The maximum absolute atomic E-state index is 13.6. The van der Waals surface area contributed by atoms with Crippen molar-refractivity contribution in [3.05, 3.63) is 59.7 Å². The van der Waals surface area contributed by atoms with Crippen LogP contribution in [-0.2, 0) is 16.1 Å². The van der Waals surface area contributed by atoms with E-state index >= 15 is 0 Å². The van der Waals surface area contributed by atoms with Crippen LogP contribution in [0.2, 0.25) is 0 Å². The Morgan fingerprint density at radius 2 is 1.64 bits per heavy atom. The number of unbranched alkanes of at least 4 members (excludes halogenated alkanes) is 1. The first-order chi connectivity index (χ1) is 19.7. The molecule has 0 bridgehead atoms. The molecule has 2 saturated heterocycles. The quantitative estimate of drug-likeness (QED) is 0.381. The molecule has 3 fully saturated rings. The molecule has 2 aliphatic heterocycles. The monoisotopic (exact) mass is 598 g/mol. The standard InChI is InChI=1S/C32H42N4O5.ClH/c1-3-4-18-36-29(38)27(21-31(40)14-5-15-31)34-30(39)32(36)16-19-35(20-17-32)22-23-6-10-25(11-7-23)41-26-12-8-24(9-13-26)28(37)33-2;/h6-13,27,40H,3-5,14-22H2,1-2H3,(H,33,37)(H,34,39);1H/t27-;/m1./s1. The smallest absolute Gasteiger partial charge is 0.251 e. The van der Waals surface area contributed by atoms with Gasteiger partial charge in [0.15, 0.2) is 0 Å². The Labute approximate surface area is 254 Å². The Kier molecular flexibility index (Phi) is 10.2. The van der Waals surface area contributed by atoms with Gasteiger partial charge in [0, 0.05) is 45.2 Å². The van der Waals surface area contributed by atoms with Crippen molar-refractivity contribution in [2.45, 2.75) is 82.0 Å². The predicted molar refractivity (Wildman–Crippen MR) is 163 cm³/mol. The van der Waals surface area contributed by atoms with Crippen LogP contribution in [0.5, 0.6) is 11.5 Å². The fourth-order valence-corrected chi connectivity index (χ4v) is 6.28. The van der Waals surface area contributed by atoms with E-state index < -0.39 is 17.2 Å². The number of ether oxygens (including phenoxy) is 1. The number of amides is 3.